The number of ether oxygens (including phenoxy) is 3. The highest BCUT2D eigenvalue weighted by Crippen LogP contribution is 2.40. The van der Waals surface area contributed by atoms with Gasteiger partial charge in [-0.25, -0.2) is 23.7 Å². The maximum atomic E-state index is 13.0. The summed E-state index contributed by atoms with van der Waals surface area (Å²) in [6.45, 7) is -9.65. The molecule has 0 amide bonds. The number of rotatable bonds is 11. The zero-order chi connectivity index (χ0) is 42.0. The molecule has 3 aromatic carbocycles. The van der Waals surface area contributed by atoms with E-state index in [2.05, 4.69) is 15.2 Å². The van der Waals surface area contributed by atoms with Crippen molar-refractivity contribution in [2.45, 2.75) is 38.3 Å². The van der Waals surface area contributed by atoms with Gasteiger partial charge in [0.2, 0.25) is 5.79 Å². The second-order valence-corrected chi connectivity index (χ2v) is 12.3. The zero-order valence-corrected chi connectivity index (χ0v) is 28.2. The van der Waals surface area contributed by atoms with Crippen LogP contribution in [0.2, 0.25) is 10.0 Å². The average molecular weight is 728 g/mol. The van der Waals surface area contributed by atoms with Gasteiger partial charge in [0.15, 0.2) is 5.78 Å². The lowest BCUT2D eigenvalue weighted by atomic mass is 10.1. The molecule has 0 N–H and O–H groups in total. The lowest BCUT2D eigenvalue weighted by Gasteiger charge is -2.37. The monoisotopic (exact) mass is 726 g/mol. The highest BCUT2D eigenvalue weighted by molar-refractivity contribution is 6.35. The summed E-state index contributed by atoms with van der Waals surface area (Å²) < 4.78 is 93.9. The average Bonchev–Trinajstić information content (AvgIpc) is 3.91. The van der Waals surface area contributed by atoms with Crippen LogP contribution in [0.3, 0.4) is 0 Å². The summed E-state index contributed by atoms with van der Waals surface area (Å²) in [4.78, 5) is 29.6. The smallest absolute Gasteiger partial charge is 0.351 e. The lowest BCUT2D eigenvalue weighted by Crippen LogP contribution is -2.46. The summed E-state index contributed by atoms with van der Waals surface area (Å²) in [5.74, 6) is -1.36. The topological polar surface area (TPSA) is 122 Å². The molecule has 0 spiro atoms. The van der Waals surface area contributed by atoms with Crippen molar-refractivity contribution in [3.8, 4) is 11.4 Å². The molecule has 0 aliphatic carbocycles. The molecule has 2 aliphatic rings. The fraction of sp³-hybridized carbons (Fsp3) is 0.343. The molecule has 0 radical (unpaired) electrons. The van der Waals surface area contributed by atoms with Crippen LogP contribution in [0, 0.1) is 0 Å². The summed E-state index contributed by atoms with van der Waals surface area (Å²) in [5.41, 5.74) is -0.225. The predicted octanol–water partition coefficient (Wildman–Crippen LogP) is 4.76. The predicted molar refractivity (Wildman–Crippen MR) is 189 cm³/mol. The Morgan fingerprint density at radius 2 is 1.64 bits per heavy atom. The van der Waals surface area contributed by atoms with Gasteiger partial charge in [0, 0.05) is 47.9 Å². The summed E-state index contributed by atoms with van der Waals surface area (Å²) in [6, 6.07) is 14.8. The zero-order valence-electron chi connectivity index (χ0n) is 34.7. The Morgan fingerprint density at radius 1 is 0.980 bits per heavy atom. The first-order valence-corrected chi connectivity index (χ1v) is 16.2. The third kappa shape index (κ3) is 6.99. The Morgan fingerprint density at radius 3 is 2.26 bits per heavy atom. The third-order valence-electron chi connectivity index (χ3n) is 8.15. The van der Waals surface area contributed by atoms with E-state index < -0.39 is 49.6 Å². The van der Waals surface area contributed by atoms with E-state index in [4.69, 9.17) is 48.4 Å². The van der Waals surface area contributed by atoms with Crippen LogP contribution in [0.25, 0.3) is 5.69 Å². The van der Waals surface area contributed by atoms with Crippen molar-refractivity contribution in [2.24, 2.45) is 0 Å². The van der Waals surface area contributed by atoms with E-state index >= 15 is 0 Å². The molecule has 2 fully saturated rings. The van der Waals surface area contributed by atoms with Crippen LogP contribution in [-0.2, 0) is 26.6 Å². The quantitative estimate of drug-likeness (QED) is 0.188. The van der Waals surface area contributed by atoms with Crippen molar-refractivity contribution in [1.29, 1.82) is 0 Å². The Labute approximate surface area is 309 Å². The first-order chi connectivity index (χ1) is 27.2. The molecule has 2 saturated heterocycles. The standard InChI is InChI=1S/C35H36Cl2N8O5/c1-24(25(2)46)45-34(47)44(23-40-45)29-6-4-27(5-7-29)41-13-15-42(16-14-41)28-8-10-30(11-9-28)48-18-31-19-49-35(50-31,20-43-22-38-21-39-43)32-12-3-26(36)17-33(32)37/h3-12,17,21-24,31H,13-16,18-20H2,1-2H3/t24?,31-,35-/m0/s1/i13D2,14D2,15D2,16D2. The fourth-order valence-electron chi connectivity index (χ4n) is 5.37. The number of aromatic nitrogens is 6. The Kier molecular flexibility index (Phi) is 7.22. The van der Waals surface area contributed by atoms with Crippen molar-refractivity contribution in [3.63, 3.8) is 0 Å². The number of hydrogen-bond donors (Lipinski definition) is 0. The normalized spacial score (nSPS) is 26.3. The van der Waals surface area contributed by atoms with E-state index in [1.165, 1.54) is 86.0 Å². The molecule has 3 atom stereocenters. The van der Waals surface area contributed by atoms with Crippen LogP contribution < -0.4 is 20.2 Å². The SMILES string of the molecule is [2H]C1([2H])N(c2ccc(OC[C@H]3CO[C@](Cn4cncn4)(c4ccc(Cl)cc4Cl)O3)cc2)C([2H])([2H])C([2H])([2H])N(c2ccc(-n3cnn(C(C)C(C)=O)c3=O)cc2)C1([2H])[2H]. The largest absolute Gasteiger partial charge is 0.491 e. The number of piperazine rings is 1. The third-order valence-corrected chi connectivity index (χ3v) is 8.70. The lowest BCUT2D eigenvalue weighted by molar-refractivity contribution is -0.190. The molecule has 5 aromatic rings. The molecule has 13 nitrogen and oxygen atoms in total. The van der Waals surface area contributed by atoms with Crippen LogP contribution in [0.1, 0.15) is 36.4 Å². The molecule has 2 aliphatic heterocycles. The van der Waals surface area contributed by atoms with Gasteiger partial charge in [-0.05, 0) is 74.5 Å². The number of Topliss-reactive ketones (excluding diaryl/α,β-unsaturated/α-hetero) is 1. The second kappa shape index (κ2) is 14.3. The van der Waals surface area contributed by atoms with E-state index in [0.717, 1.165) is 9.25 Å². The van der Waals surface area contributed by atoms with E-state index in [0.29, 0.717) is 25.4 Å². The Balaban J connectivity index is 1.09. The number of halogens is 2. The van der Waals surface area contributed by atoms with E-state index in [1.807, 2.05) is 0 Å². The molecule has 0 saturated carbocycles. The van der Waals surface area contributed by atoms with Crippen LogP contribution in [-0.4, -0.2) is 80.2 Å². The molecule has 1 unspecified atom stereocenters. The van der Waals surface area contributed by atoms with Gasteiger partial charge in [-0.2, -0.15) is 10.2 Å². The summed E-state index contributed by atoms with van der Waals surface area (Å²) in [5, 5.41) is 8.90. The number of carbonyl (C=O) groups is 1. The van der Waals surface area contributed by atoms with Gasteiger partial charge in [-0.15, -0.1) is 0 Å². The van der Waals surface area contributed by atoms with Crippen LogP contribution >= 0.6 is 23.2 Å². The molecule has 260 valence electrons. The van der Waals surface area contributed by atoms with Gasteiger partial charge in [-0.3, -0.25) is 4.79 Å². The van der Waals surface area contributed by atoms with Crippen LogP contribution in [0.4, 0.5) is 11.4 Å². The van der Waals surface area contributed by atoms with Gasteiger partial charge in [0.25, 0.3) is 0 Å². The molecule has 2 aromatic heterocycles. The first kappa shape index (κ1) is 25.3. The summed E-state index contributed by atoms with van der Waals surface area (Å²) in [6.07, 6.45) is 3.47. The van der Waals surface area contributed by atoms with Crippen molar-refractivity contribution >= 4 is 40.4 Å². The number of benzene rings is 3. The molecular formula is C35H36Cl2N8O5. The highest BCUT2D eigenvalue weighted by atomic mass is 35.5. The number of carbonyl (C=O) groups excluding carboxylic acids is 1. The van der Waals surface area contributed by atoms with Crippen molar-refractivity contribution in [1.82, 2.24) is 29.1 Å². The molecular weight excluding hydrogens is 683 g/mol. The van der Waals surface area contributed by atoms with E-state index in [-0.39, 0.29) is 48.4 Å². The Hall–Kier alpha value is -4.69. The number of ketones is 1. The summed E-state index contributed by atoms with van der Waals surface area (Å²) in [7, 11) is 0. The van der Waals surface area contributed by atoms with Crippen LogP contribution in [0.15, 0.2) is 90.5 Å². The van der Waals surface area contributed by atoms with Gasteiger partial charge in [0.1, 0.15) is 50.0 Å². The van der Waals surface area contributed by atoms with Gasteiger partial charge in [-0.1, -0.05) is 29.3 Å². The molecule has 0 bridgehead atoms. The first-order valence-electron chi connectivity index (χ1n) is 19.4. The van der Waals surface area contributed by atoms with Crippen LogP contribution in [0.5, 0.6) is 5.75 Å². The molecule has 50 heavy (non-hydrogen) atoms. The number of nitrogens with zero attached hydrogens (tertiary/aromatic N) is 8. The molecule has 15 heteroatoms. The maximum absolute atomic E-state index is 13.0. The minimum atomic E-state index is -3.18. The minimum absolute atomic E-state index is 0.0115. The molecule has 7 rings (SSSR count). The van der Waals surface area contributed by atoms with E-state index in [9.17, 15) is 9.59 Å². The second-order valence-electron chi connectivity index (χ2n) is 11.5. The van der Waals surface area contributed by atoms with Crippen molar-refractivity contribution in [2.75, 3.05) is 49.0 Å². The Bertz CT molecular complexity index is 2340. The van der Waals surface area contributed by atoms with Crippen molar-refractivity contribution < 1.29 is 30.0 Å². The molecule has 4 heterocycles. The van der Waals surface area contributed by atoms with Gasteiger partial charge in [0.05, 0.1) is 28.3 Å². The highest BCUT2D eigenvalue weighted by Gasteiger charge is 2.45. The number of anilines is 2. The minimum Gasteiger partial charge on any atom is -0.491 e. The van der Waals surface area contributed by atoms with E-state index in [1.54, 1.807) is 18.2 Å². The maximum Gasteiger partial charge on any atom is 0.351 e. The summed E-state index contributed by atoms with van der Waals surface area (Å²) >= 11 is 12.7. The fourth-order valence-corrected chi connectivity index (χ4v) is 5.92. The number of hydrogen-bond acceptors (Lipinski definition) is 10. The van der Waals surface area contributed by atoms with Crippen molar-refractivity contribution in [3.05, 3.63) is 112 Å². The van der Waals surface area contributed by atoms with Gasteiger partial charge >= 0.3 is 5.69 Å². The van der Waals surface area contributed by atoms with Gasteiger partial charge < -0.3 is 24.0 Å².